The monoisotopic (exact) mass is 361 g/mol. The van der Waals surface area contributed by atoms with E-state index >= 15 is 0 Å². The molecule has 0 bridgehead atoms. The molecule has 1 saturated heterocycles. The van der Waals surface area contributed by atoms with Crippen LogP contribution in [0.1, 0.15) is 38.2 Å². The lowest BCUT2D eigenvalue weighted by Gasteiger charge is -2.33. The third-order valence-electron chi connectivity index (χ3n) is 3.59. The Kier molecular flexibility index (Phi) is 6.06. The van der Waals surface area contributed by atoms with E-state index in [9.17, 15) is 18.7 Å². The third-order valence-corrected chi connectivity index (χ3v) is 3.90. The van der Waals surface area contributed by atoms with Crippen molar-refractivity contribution < 1.29 is 28.2 Å². The van der Waals surface area contributed by atoms with E-state index in [1.165, 1.54) is 0 Å². The van der Waals surface area contributed by atoms with E-state index in [2.05, 4.69) is 17.9 Å². The molecule has 5 nitrogen and oxygen atoms in total. The molecule has 8 heteroatoms. The van der Waals surface area contributed by atoms with Crippen molar-refractivity contribution in [3.8, 4) is 0 Å². The highest BCUT2D eigenvalue weighted by Gasteiger charge is 2.35. The first-order chi connectivity index (χ1) is 11.2. The summed E-state index contributed by atoms with van der Waals surface area (Å²) in [7, 11) is 0. The van der Waals surface area contributed by atoms with Crippen LogP contribution in [0, 0.1) is 17.6 Å². The van der Waals surface area contributed by atoms with E-state index in [1.54, 1.807) is 0 Å². The molecule has 1 aliphatic rings. The molecule has 2 unspecified atom stereocenters. The van der Waals surface area contributed by atoms with Crippen LogP contribution in [0.3, 0.4) is 0 Å². The molecule has 1 aromatic carbocycles. The zero-order chi connectivity index (χ0) is 17.9. The maximum Gasteiger partial charge on any atom is 0.411 e. The molecular weight excluding hydrogens is 340 g/mol. The predicted molar refractivity (Wildman–Crippen MR) is 88.0 cm³/mol. The maximum atomic E-state index is 14.3. The van der Waals surface area contributed by atoms with Gasteiger partial charge >= 0.3 is 6.09 Å². The minimum absolute atomic E-state index is 0.0318. The minimum Gasteiger partial charge on any atom is -0.449 e. The van der Waals surface area contributed by atoms with Crippen molar-refractivity contribution in [2.24, 2.45) is 5.92 Å². The molecule has 24 heavy (non-hydrogen) atoms. The normalized spacial score (nSPS) is 24.0. The van der Waals surface area contributed by atoms with Crippen molar-refractivity contribution >= 4 is 24.4 Å². The summed E-state index contributed by atoms with van der Waals surface area (Å²) in [6.45, 7) is 4.10. The quantitative estimate of drug-likeness (QED) is 0.566. The molecule has 0 aromatic heterocycles. The van der Waals surface area contributed by atoms with Gasteiger partial charge in [-0.2, -0.15) is 0 Å². The van der Waals surface area contributed by atoms with Gasteiger partial charge in [0.2, 0.25) is 5.12 Å². The molecule has 0 spiro atoms. The van der Waals surface area contributed by atoms with Crippen molar-refractivity contribution in [2.75, 3.05) is 18.5 Å². The summed E-state index contributed by atoms with van der Waals surface area (Å²) in [5.41, 5.74) is -0.178. The van der Waals surface area contributed by atoms with Crippen molar-refractivity contribution in [3.63, 3.8) is 0 Å². The van der Waals surface area contributed by atoms with Gasteiger partial charge in [0.15, 0.2) is 0 Å². The molecule has 0 radical (unpaired) electrons. The second-order valence-corrected chi connectivity index (χ2v) is 6.95. The molecule has 0 saturated carbocycles. The molecule has 2 N–H and O–H groups in total. The Hall–Kier alpha value is -1.38. The van der Waals surface area contributed by atoms with E-state index in [0.717, 1.165) is 12.1 Å². The zero-order valence-electron chi connectivity index (χ0n) is 13.5. The number of carbonyl (C=O) groups excluding carboxylic acids is 1. The van der Waals surface area contributed by atoms with Gasteiger partial charge in [-0.1, -0.05) is 13.8 Å². The molecule has 1 heterocycles. The Morgan fingerprint density at radius 3 is 2.67 bits per heavy atom. The van der Waals surface area contributed by atoms with Gasteiger partial charge < -0.3 is 14.6 Å². The van der Waals surface area contributed by atoms with Crippen LogP contribution in [-0.4, -0.2) is 29.5 Å². The Balaban J connectivity index is 2.12. The van der Waals surface area contributed by atoms with Crippen LogP contribution in [0.4, 0.5) is 19.3 Å². The summed E-state index contributed by atoms with van der Waals surface area (Å²) in [6.07, 6.45) is -0.446. The van der Waals surface area contributed by atoms with Crippen LogP contribution in [0.5, 0.6) is 0 Å². The molecule has 1 aliphatic heterocycles. The maximum absolute atomic E-state index is 14.3. The lowest BCUT2D eigenvalue weighted by Crippen LogP contribution is -2.34. The van der Waals surface area contributed by atoms with Crippen LogP contribution >= 0.6 is 12.6 Å². The van der Waals surface area contributed by atoms with E-state index in [1.807, 2.05) is 13.8 Å². The summed E-state index contributed by atoms with van der Waals surface area (Å²) < 4.78 is 38.6. The van der Waals surface area contributed by atoms with Gasteiger partial charge in [-0.15, -0.1) is 12.6 Å². The van der Waals surface area contributed by atoms with E-state index < -0.39 is 28.8 Å². The number of ether oxygens (including phenoxy) is 2. The highest BCUT2D eigenvalue weighted by molar-refractivity contribution is 7.81. The van der Waals surface area contributed by atoms with Crippen LogP contribution in [-0.2, 0) is 9.47 Å². The average molecular weight is 361 g/mol. The average Bonchev–Trinajstić information content (AvgIpc) is 2.43. The summed E-state index contributed by atoms with van der Waals surface area (Å²) >= 11 is 3.92. The fraction of sp³-hybridized carbons (Fsp3) is 0.562. The minimum atomic E-state index is -1.71. The summed E-state index contributed by atoms with van der Waals surface area (Å²) in [6, 6.07) is 2.06. The number of rotatable bonds is 4. The smallest absolute Gasteiger partial charge is 0.411 e. The summed E-state index contributed by atoms with van der Waals surface area (Å²) in [5, 5.41) is 10.4. The number of aliphatic hydroxyl groups is 1. The number of benzene rings is 1. The second-order valence-electron chi connectivity index (χ2n) is 6.25. The number of halogens is 2. The number of anilines is 1. The number of carbonyl (C=O) groups is 1. The van der Waals surface area contributed by atoms with Gasteiger partial charge in [0.25, 0.3) is 0 Å². The van der Waals surface area contributed by atoms with Crippen LogP contribution in [0.15, 0.2) is 12.1 Å². The molecule has 1 fully saturated rings. The lowest BCUT2D eigenvalue weighted by molar-refractivity contribution is -0.158. The molecule has 0 aliphatic carbocycles. The van der Waals surface area contributed by atoms with Gasteiger partial charge in [0.1, 0.15) is 11.6 Å². The van der Waals surface area contributed by atoms with Gasteiger partial charge in [0, 0.05) is 17.7 Å². The number of hydrogen-bond donors (Lipinski definition) is 3. The number of hydrogen-bond acceptors (Lipinski definition) is 5. The molecule has 1 aromatic rings. The first kappa shape index (κ1) is 19.0. The van der Waals surface area contributed by atoms with Crippen molar-refractivity contribution in [3.05, 3.63) is 29.3 Å². The number of thiol groups is 1. The third kappa shape index (κ3) is 5.06. The highest BCUT2D eigenvalue weighted by atomic mass is 32.1. The van der Waals surface area contributed by atoms with Crippen LogP contribution in [0.2, 0.25) is 0 Å². The molecule has 2 atom stereocenters. The van der Waals surface area contributed by atoms with Crippen LogP contribution in [0.25, 0.3) is 0 Å². The van der Waals surface area contributed by atoms with Crippen LogP contribution < -0.4 is 5.32 Å². The van der Waals surface area contributed by atoms with E-state index in [4.69, 9.17) is 9.47 Å². The number of nitrogens with one attached hydrogen (secondary N) is 1. The standard InChI is InChI=1S/C16H21F2NO4S/c1-9(2)8-22-15(20)19-11-5-12(17)14(13(18)6-11)10-3-4-23-16(21,24)7-10/h5-6,9-10,21,24H,3-4,7-8H2,1-2H3,(H,19,20). The zero-order valence-corrected chi connectivity index (χ0v) is 14.4. The Morgan fingerprint density at radius 2 is 2.12 bits per heavy atom. The Labute approximate surface area is 144 Å². The molecule has 1 amide bonds. The Morgan fingerprint density at radius 1 is 1.50 bits per heavy atom. The molecule has 134 valence electrons. The first-order valence-corrected chi connectivity index (χ1v) is 8.14. The summed E-state index contributed by atoms with van der Waals surface area (Å²) in [5.74, 6) is -2.02. The fourth-order valence-corrected chi connectivity index (χ4v) is 2.85. The van der Waals surface area contributed by atoms with Crippen molar-refractivity contribution in [1.29, 1.82) is 0 Å². The molecule has 2 rings (SSSR count). The van der Waals surface area contributed by atoms with Gasteiger partial charge in [-0.25, -0.2) is 13.6 Å². The van der Waals surface area contributed by atoms with Gasteiger partial charge in [-0.05, 0) is 30.4 Å². The topological polar surface area (TPSA) is 67.8 Å². The first-order valence-electron chi connectivity index (χ1n) is 7.69. The molecular formula is C16H21F2NO4S. The fourth-order valence-electron chi connectivity index (χ4n) is 2.54. The second kappa shape index (κ2) is 7.67. The largest absolute Gasteiger partial charge is 0.449 e. The highest BCUT2D eigenvalue weighted by Crippen LogP contribution is 2.39. The van der Waals surface area contributed by atoms with Gasteiger partial charge in [-0.3, -0.25) is 5.32 Å². The van der Waals surface area contributed by atoms with Crippen molar-refractivity contribution in [1.82, 2.24) is 0 Å². The van der Waals surface area contributed by atoms with Gasteiger partial charge in [0.05, 0.1) is 13.2 Å². The Bertz CT molecular complexity index is 587. The predicted octanol–water partition coefficient (Wildman–Crippen LogP) is 3.64. The van der Waals surface area contributed by atoms with E-state index in [-0.39, 0.29) is 36.8 Å². The van der Waals surface area contributed by atoms with E-state index in [0.29, 0.717) is 6.42 Å². The lowest BCUT2D eigenvalue weighted by atomic mass is 9.89. The SMILES string of the molecule is CC(C)COC(=O)Nc1cc(F)c(C2CCOC(O)(S)C2)c(F)c1. The summed E-state index contributed by atoms with van der Waals surface area (Å²) in [4.78, 5) is 11.6. The van der Waals surface area contributed by atoms with Crippen molar-refractivity contribution in [2.45, 2.75) is 37.7 Å². The number of amides is 1.